The molecule has 2 N–H and O–H groups in total. The molecule has 0 spiro atoms. The number of carbonyl (C=O) groups excluding carboxylic acids is 1. The van der Waals surface area contributed by atoms with E-state index >= 15 is 0 Å². The topological polar surface area (TPSA) is 46.3 Å². The summed E-state index contributed by atoms with van der Waals surface area (Å²) in [6, 6.07) is 7.94. The fourth-order valence-electron chi connectivity index (χ4n) is 1.83. The van der Waals surface area contributed by atoms with E-state index in [4.69, 9.17) is 11.6 Å². The average molecular weight is 287 g/mol. The number of aldehydes is 1. The molecule has 1 atom stereocenters. The molecule has 1 saturated heterocycles. The van der Waals surface area contributed by atoms with Crippen LogP contribution in [0.15, 0.2) is 24.3 Å². The number of halogens is 1. The lowest BCUT2D eigenvalue weighted by Crippen LogP contribution is -2.23. The second-order valence-corrected chi connectivity index (χ2v) is 5.27. The summed E-state index contributed by atoms with van der Waals surface area (Å²) >= 11 is 7.78. The molecule has 0 aliphatic carbocycles. The van der Waals surface area contributed by atoms with E-state index < -0.39 is 0 Å². The highest BCUT2D eigenvalue weighted by molar-refractivity contribution is 7.96. The van der Waals surface area contributed by atoms with Gasteiger partial charge in [0.2, 0.25) is 0 Å². The Kier molecular flexibility index (Phi) is 7.35. The lowest BCUT2D eigenvalue weighted by atomic mass is 10.2. The predicted octanol–water partition coefficient (Wildman–Crippen LogP) is 2.73. The molecular formula is C13H19ClN2OS. The van der Waals surface area contributed by atoms with Crippen molar-refractivity contribution in [2.75, 3.05) is 13.6 Å². The minimum atomic E-state index is 0.0903. The van der Waals surface area contributed by atoms with Gasteiger partial charge in [0.05, 0.1) is 6.04 Å². The third kappa shape index (κ3) is 4.28. The van der Waals surface area contributed by atoms with Gasteiger partial charge in [-0.2, -0.15) is 0 Å². The first kappa shape index (κ1) is 15.5. The van der Waals surface area contributed by atoms with Crippen LogP contribution in [0.2, 0.25) is 5.02 Å². The van der Waals surface area contributed by atoms with Gasteiger partial charge in [-0.1, -0.05) is 41.7 Å². The van der Waals surface area contributed by atoms with Gasteiger partial charge in [0, 0.05) is 17.3 Å². The Balaban J connectivity index is 0.000000771. The first-order valence-electron chi connectivity index (χ1n) is 5.97. The lowest BCUT2D eigenvalue weighted by molar-refractivity contribution is -0.110. The van der Waals surface area contributed by atoms with Crippen LogP contribution in [-0.2, 0) is 10.5 Å². The van der Waals surface area contributed by atoms with Crippen molar-refractivity contribution in [3.05, 3.63) is 34.9 Å². The van der Waals surface area contributed by atoms with Crippen molar-refractivity contribution in [3.8, 4) is 0 Å². The van der Waals surface area contributed by atoms with E-state index in [2.05, 4.69) is 10.0 Å². The van der Waals surface area contributed by atoms with Gasteiger partial charge < -0.3 is 10.5 Å². The van der Waals surface area contributed by atoms with Crippen molar-refractivity contribution in [3.63, 3.8) is 0 Å². The smallest absolute Gasteiger partial charge is 0.138 e. The first-order valence-corrected chi connectivity index (χ1v) is 7.29. The highest BCUT2D eigenvalue weighted by atomic mass is 35.5. The summed E-state index contributed by atoms with van der Waals surface area (Å²) in [6.45, 7) is 0.999. The van der Waals surface area contributed by atoms with Crippen LogP contribution in [-0.4, -0.2) is 30.2 Å². The van der Waals surface area contributed by atoms with Gasteiger partial charge in [-0.05, 0) is 31.5 Å². The number of hydrogen-bond acceptors (Lipinski definition) is 4. The van der Waals surface area contributed by atoms with E-state index in [1.807, 2.05) is 24.3 Å². The third-order valence-corrected chi connectivity index (χ3v) is 4.34. The van der Waals surface area contributed by atoms with E-state index in [9.17, 15) is 4.79 Å². The van der Waals surface area contributed by atoms with Gasteiger partial charge in [-0.3, -0.25) is 0 Å². The summed E-state index contributed by atoms with van der Waals surface area (Å²) < 4.78 is 2.16. The Labute approximate surface area is 118 Å². The van der Waals surface area contributed by atoms with Crippen LogP contribution < -0.4 is 5.73 Å². The molecule has 18 heavy (non-hydrogen) atoms. The summed E-state index contributed by atoms with van der Waals surface area (Å²) in [5, 5.41) is 0.803. The molecule has 0 amide bonds. The second kappa shape index (κ2) is 8.53. The number of nitrogens with zero attached hydrogens (tertiary/aromatic N) is 1. The van der Waals surface area contributed by atoms with Crippen LogP contribution in [0.3, 0.4) is 0 Å². The Hall–Kier alpha value is -0.550. The van der Waals surface area contributed by atoms with Gasteiger partial charge >= 0.3 is 0 Å². The molecule has 1 fully saturated rings. The molecule has 1 aromatic carbocycles. The molecule has 0 radical (unpaired) electrons. The summed E-state index contributed by atoms with van der Waals surface area (Å²) in [5.41, 5.74) is 5.63. The Bertz CT molecular complexity index is 376. The van der Waals surface area contributed by atoms with Crippen molar-refractivity contribution in [1.82, 2.24) is 4.31 Å². The highest BCUT2D eigenvalue weighted by Crippen LogP contribution is 2.28. The van der Waals surface area contributed by atoms with Crippen LogP contribution in [0.1, 0.15) is 18.4 Å². The molecule has 0 bridgehead atoms. The number of hydrogen-bond donors (Lipinski definition) is 1. The number of rotatable bonds is 4. The Morgan fingerprint density at radius 1 is 1.50 bits per heavy atom. The zero-order chi connectivity index (χ0) is 13.4. The molecule has 0 saturated carbocycles. The fourth-order valence-corrected chi connectivity index (χ4v) is 3.27. The molecule has 0 aromatic heterocycles. The number of carbonyl (C=O) groups is 1. The minimum Gasteiger partial charge on any atom is -0.333 e. The molecule has 1 heterocycles. The van der Waals surface area contributed by atoms with Crippen molar-refractivity contribution in [2.24, 2.45) is 5.73 Å². The largest absolute Gasteiger partial charge is 0.333 e. The van der Waals surface area contributed by atoms with Crippen LogP contribution in [0, 0.1) is 0 Å². The predicted molar refractivity (Wildman–Crippen MR) is 78.7 cm³/mol. The van der Waals surface area contributed by atoms with Gasteiger partial charge in [-0.25, -0.2) is 4.31 Å². The van der Waals surface area contributed by atoms with Crippen LogP contribution in [0.4, 0.5) is 0 Å². The molecular weight excluding hydrogens is 268 g/mol. The molecule has 1 aliphatic heterocycles. The van der Waals surface area contributed by atoms with E-state index in [0.717, 1.165) is 42.0 Å². The normalized spacial score (nSPS) is 19.2. The maximum absolute atomic E-state index is 10.8. The minimum absolute atomic E-state index is 0.0903. The van der Waals surface area contributed by atoms with Gasteiger partial charge in [0.1, 0.15) is 6.29 Å². The third-order valence-electron chi connectivity index (χ3n) is 2.75. The summed E-state index contributed by atoms with van der Waals surface area (Å²) in [7, 11) is 1.50. The van der Waals surface area contributed by atoms with Crippen molar-refractivity contribution >= 4 is 29.8 Å². The highest BCUT2D eigenvalue weighted by Gasteiger charge is 2.24. The Morgan fingerprint density at radius 3 is 2.89 bits per heavy atom. The Morgan fingerprint density at radius 2 is 2.22 bits per heavy atom. The van der Waals surface area contributed by atoms with Crippen molar-refractivity contribution in [1.29, 1.82) is 0 Å². The molecule has 1 aliphatic rings. The van der Waals surface area contributed by atoms with E-state index in [1.54, 1.807) is 11.9 Å². The molecule has 2 rings (SSSR count). The molecule has 1 aromatic rings. The van der Waals surface area contributed by atoms with E-state index in [-0.39, 0.29) is 6.04 Å². The fraction of sp³-hybridized carbons (Fsp3) is 0.462. The number of nitrogens with two attached hydrogens (primary N) is 1. The summed E-state index contributed by atoms with van der Waals surface area (Å²) in [5.74, 6) is 0.837. The SMILES string of the molecule is CN.O=CC1CCCN1SCc1ccccc1Cl. The van der Waals surface area contributed by atoms with Crippen molar-refractivity contribution in [2.45, 2.75) is 24.6 Å². The van der Waals surface area contributed by atoms with Gasteiger partial charge in [0.15, 0.2) is 0 Å². The van der Waals surface area contributed by atoms with Crippen molar-refractivity contribution < 1.29 is 4.79 Å². The molecule has 5 heteroatoms. The van der Waals surface area contributed by atoms with E-state index in [1.165, 1.54) is 7.05 Å². The molecule has 3 nitrogen and oxygen atoms in total. The van der Waals surface area contributed by atoms with Crippen LogP contribution in [0.5, 0.6) is 0 Å². The zero-order valence-corrected chi connectivity index (χ0v) is 12.1. The maximum atomic E-state index is 10.8. The quantitative estimate of drug-likeness (QED) is 0.683. The summed E-state index contributed by atoms with van der Waals surface area (Å²) in [4.78, 5) is 10.8. The first-order chi connectivity index (χ1) is 8.81. The second-order valence-electron chi connectivity index (χ2n) is 3.85. The lowest BCUT2D eigenvalue weighted by Gasteiger charge is -2.18. The van der Waals surface area contributed by atoms with E-state index in [0.29, 0.717) is 0 Å². The van der Waals surface area contributed by atoms with Gasteiger partial charge in [0.25, 0.3) is 0 Å². The van der Waals surface area contributed by atoms with Crippen LogP contribution >= 0.6 is 23.5 Å². The van der Waals surface area contributed by atoms with Crippen LogP contribution in [0.25, 0.3) is 0 Å². The maximum Gasteiger partial charge on any atom is 0.138 e. The zero-order valence-electron chi connectivity index (χ0n) is 10.5. The standard InChI is InChI=1S/C12H14ClNOS.CH5N/c13-12-6-2-1-4-10(12)9-16-14-7-3-5-11(14)8-15;1-2/h1-2,4,6,8,11H,3,5,7,9H2;2H2,1H3. The average Bonchev–Trinajstić information content (AvgIpc) is 2.87. The molecule has 100 valence electrons. The molecule has 1 unspecified atom stereocenters. The summed E-state index contributed by atoms with van der Waals surface area (Å²) in [6.07, 6.45) is 3.14. The van der Waals surface area contributed by atoms with Gasteiger partial charge in [-0.15, -0.1) is 0 Å². The number of benzene rings is 1. The monoisotopic (exact) mass is 286 g/mol.